The minimum absolute atomic E-state index is 0.143. The van der Waals surface area contributed by atoms with Crippen LogP contribution in [0, 0.1) is 25.7 Å². The van der Waals surface area contributed by atoms with Crippen LogP contribution in [0.15, 0.2) is 18.2 Å². The Morgan fingerprint density at radius 1 is 1.40 bits per heavy atom. The van der Waals surface area contributed by atoms with Crippen LogP contribution in [0.5, 0.6) is 0 Å². The molecule has 0 N–H and O–H groups in total. The quantitative estimate of drug-likeness (QED) is 0.515. The van der Waals surface area contributed by atoms with Crippen molar-refractivity contribution in [3.05, 3.63) is 34.9 Å². The van der Waals surface area contributed by atoms with Crippen molar-refractivity contribution >= 4 is 5.97 Å². The predicted octanol–water partition coefficient (Wildman–Crippen LogP) is 2.22. The molecule has 0 saturated heterocycles. The molecule has 1 aromatic rings. The molecule has 0 heterocycles. The molecule has 0 saturated carbocycles. The molecule has 15 heavy (non-hydrogen) atoms. The third kappa shape index (κ3) is 3.47. The Labute approximate surface area is 90.3 Å². The van der Waals surface area contributed by atoms with Crippen LogP contribution in [0.3, 0.4) is 0 Å². The molecule has 0 aromatic heterocycles. The monoisotopic (exact) mass is 202 g/mol. The zero-order valence-electron chi connectivity index (χ0n) is 9.26. The maximum absolute atomic E-state index is 10.8. The van der Waals surface area contributed by atoms with E-state index in [0.717, 1.165) is 11.1 Å². The van der Waals surface area contributed by atoms with Crippen LogP contribution in [-0.4, -0.2) is 13.1 Å². The number of carbonyl (C=O) groups is 1. The summed E-state index contributed by atoms with van der Waals surface area (Å²) in [6.45, 7) is 4.02. The summed E-state index contributed by atoms with van der Waals surface area (Å²) in [7, 11) is 1.36. The van der Waals surface area contributed by atoms with E-state index in [1.165, 1.54) is 12.7 Å². The first-order valence-electron chi connectivity index (χ1n) is 4.76. The van der Waals surface area contributed by atoms with Crippen molar-refractivity contribution in [1.29, 1.82) is 0 Å². The van der Waals surface area contributed by atoms with E-state index in [2.05, 4.69) is 16.6 Å². The number of benzene rings is 1. The van der Waals surface area contributed by atoms with Crippen LogP contribution in [-0.2, 0) is 9.53 Å². The van der Waals surface area contributed by atoms with Gasteiger partial charge in [0.25, 0.3) is 0 Å². The van der Waals surface area contributed by atoms with Crippen LogP contribution in [0.1, 0.15) is 23.1 Å². The fourth-order valence-corrected chi connectivity index (χ4v) is 1.15. The van der Waals surface area contributed by atoms with E-state index in [4.69, 9.17) is 0 Å². The van der Waals surface area contributed by atoms with E-state index in [-0.39, 0.29) is 12.4 Å². The molecule has 0 aliphatic heterocycles. The maximum atomic E-state index is 10.8. The summed E-state index contributed by atoms with van der Waals surface area (Å²) in [6.07, 6.45) is 0.143. The average Bonchev–Trinajstić information content (AvgIpc) is 2.23. The van der Waals surface area contributed by atoms with Gasteiger partial charge in [-0.3, -0.25) is 4.79 Å². The number of methoxy groups -OCH3 is 1. The Kier molecular flexibility index (Phi) is 3.93. The Balaban J connectivity index is 2.79. The highest BCUT2D eigenvalue weighted by Gasteiger charge is 1.96. The summed E-state index contributed by atoms with van der Waals surface area (Å²) < 4.78 is 4.50. The number of ether oxygens (including phenoxy) is 1. The topological polar surface area (TPSA) is 26.3 Å². The van der Waals surface area contributed by atoms with Crippen LogP contribution < -0.4 is 0 Å². The zero-order chi connectivity index (χ0) is 11.3. The lowest BCUT2D eigenvalue weighted by atomic mass is 10.1. The van der Waals surface area contributed by atoms with E-state index in [1.807, 2.05) is 32.0 Å². The summed E-state index contributed by atoms with van der Waals surface area (Å²) in [6, 6.07) is 6.08. The van der Waals surface area contributed by atoms with Crippen molar-refractivity contribution in [1.82, 2.24) is 0 Å². The van der Waals surface area contributed by atoms with Gasteiger partial charge in [0.15, 0.2) is 0 Å². The highest BCUT2D eigenvalue weighted by molar-refractivity contribution is 5.72. The number of rotatable bonds is 1. The van der Waals surface area contributed by atoms with Gasteiger partial charge in [0.1, 0.15) is 6.42 Å². The van der Waals surface area contributed by atoms with Crippen molar-refractivity contribution in [2.45, 2.75) is 20.3 Å². The van der Waals surface area contributed by atoms with Crippen LogP contribution >= 0.6 is 0 Å². The molecule has 0 unspecified atom stereocenters. The number of carbonyl (C=O) groups excluding carboxylic acids is 1. The Morgan fingerprint density at radius 2 is 2.13 bits per heavy atom. The highest BCUT2D eigenvalue weighted by Crippen LogP contribution is 2.08. The minimum atomic E-state index is -0.298. The smallest absolute Gasteiger partial charge is 0.317 e. The second kappa shape index (κ2) is 5.21. The first-order chi connectivity index (χ1) is 7.13. The molecule has 0 atom stereocenters. The first-order valence-corrected chi connectivity index (χ1v) is 4.76. The molecular weight excluding hydrogens is 188 g/mol. The molecule has 1 rings (SSSR count). The molecule has 0 fully saturated rings. The Bertz CT molecular complexity index is 422. The lowest BCUT2D eigenvalue weighted by Crippen LogP contribution is -1.97. The van der Waals surface area contributed by atoms with E-state index < -0.39 is 0 Å². The lowest BCUT2D eigenvalue weighted by molar-refractivity contribution is -0.139. The fraction of sp³-hybridized carbons (Fsp3) is 0.308. The molecule has 0 aliphatic rings. The van der Waals surface area contributed by atoms with Gasteiger partial charge in [-0.2, -0.15) is 0 Å². The fourth-order valence-electron chi connectivity index (χ4n) is 1.15. The van der Waals surface area contributed by atoms with Crippen LogP contribution in [0.2, 0.25) is 0 Å². The van der Waals surface area contributed by atoms with Crippen LogP contribution in [0.25, 0.3) is 0 Å². The molecule has 0 aliphatic carbocycles. The lowest BCUT2D eigenvalue weighted by Gasteiger charge is -1.98. The van der Waals surface area contributed by atoms with E-state index >= 15 is 0 Å². The van der Waals surface area contributed by atoms with Gasteiger partial charge >= 0.3 is 5.97 Å². The number of hydrogen-bond donors (Lipinski definition) is 0. The van der Waals surface area contributed by atoms with Gasteiger partial charge in [-0.1, -0.05) is 24.0 Å². The minimum Gasteiger partial charge on any atom is -0.468 e. The Hall–Kier alpha value is -1.75. The molecule has 0 amide bonds. The molecular formula is C13H14O2. The van der Waals surface area contributed by atoms with E-state index in [1.54, 1.807) is 0 Å². The summed E-state index contributed by atoms with van der Waals surface area (Å²) in [4.78, 5) is 10.8. The number of hydrogen-bond acceptors (Lipinski definition) is 2. The standard InChI is InChI=1S/C13H14O2/c1-10-7-8-11(2)12(9-10)5-4-6-13(14)15-3/h7-9H,6H2,1-3H3. The predicted molar refractivity (Wildman–Crippen MR) is 59.4 cm³/mol. The normalized spacial score (nSPS) is 9.00. The highest BCUT2D eigenvalue weighted by atomic mass is 16.5. The first kappa shape index (κ1) is 11.3. The SMILES string of the molecule is COC(=O)CC#Cc1cc(C)ccc1C. The van der Waals surface area contributed by atoms with Gasteiger partial charge in [-0.15, -0.1) is 0 Å². The number of esters is 1. The second-order valence-corrected chi connectivity index (χ2v) is 3.37. The van der Waals surface area contributed by atoms with Crippen molar-refractivity contribution in [3.63, 3.8) is 0 Å². The zero-order valence-corrected chi connectivity index (χ0v) is 9.26. The molecule has 0 radical (unpaired) electrons. The Morgan fingerprint density at radius 3 is 2.80 bits per heavy atom. The molecule has 78 valence electrons. The summed E-state index contributed by atoms with van der Waals surface area (Å²) in [5, 5.41) is 0. The van der Waals surface area contributed by atoms with Gasteiger partial charge in [0.05, 0.1) is 7.11 Å². The van der Waals surface area contributed by atoms with E-state index in [9.17, 15) is 4.79 Å². The third-order valence-corrected chi connectivity index (χ3v) is 2.08. The third-order valence-electron chi connectivity index (χ3n) is 2.08. The summed E-state index contributed by atoms with van der Waals surface area (Å²) >= 11 is 0. The van der Waals surface area contributed by atoms with Crippen molar-refractivity contribution in [2.75, 3.05) is 7.11 Å². The van der Waals surface area contributed by atoms with E-state index in [0.29, 0.717) is 0 Å². The molecule has 1 aromatic carbocycles. The second-order valence-electron chi connectivity index (χ2n) is 3.37. The summed E-state index contributed by atoms with van der Waals surface area (Å²) in [5.41, 5.74) is 3.26. The van der Waals surface area contributed by atoms with Gasteiger partial charge in [0, 0.05) is 5.56 Å². The van der Waals surface area contributed by atoms with Gasteiger partial charge in [-0.05, 0) is 31.0 Å². The van der Waals surface area contributed by atoms with Gasteiger partial charge in [0.2, 0.25) is 0 Å². The van der Waals surface area contributed by atoms with Crippen molar-refractivity contribution in [3.8, 4) is 11.8 Å². The molecule has 0 bridgehead atoms. The molecule has 2 nitrogen and oxygen atoms in total. The number of aryl methyl sites for hydroxylation is 2. The molecule has 2 heteroatoms. The summed E-state index contributed by atoms with van der Waals surface area (Å²) in [5.74, 6) is 5.47. The largest absolute Gasteiger partial charge is 0.468 e. The van der Waals surface area contributed by atoms with Gasteiger partial charge < -0.3 is 4.74 Å². The average molecular weight is 202 g/mol. The van der Waals surface area contributed by atoms with Crippen molar-refractivity contribution in [2.24, 2.45) is 0 Å². The maximum Gasteiger partial charge on any atom is 0.317 e. The molecule has 0 spiro atoms. The van der Waals surface area contributed by atoms with Gasteiger partial charge in [-0.25, -0.2) is 0 Å². The van der Waals surface area contributed by atoms with Crippen LogP contribution in [0.4, 0.5) is 0 Å². The van der Waals surface area contributed by atoms with Crippen molar-refractivity contribution < 1.29 is 9.53 Å².